The van der Waals surface area contributed by atoms with E-state index in [4.69, 9.17) is 5.11 Å². The Morgan fingerprint density at radius 2 is 2.17 bits per heavy atom. The molecule has 8 heteroatoms. The molecule has 0 bridgehead atoms. The van der Waals surface area contributed by atoms with Crippen LogP contribution in [-0.2, 0) is 9.59 Å². The molecule has 94 valence electrons. The number of thioether (sulfide) groups is 1. The molecule has 0 radical (unpaired) electrons. The van der Waals surface area contributed by atoms with E-state index in [9.17, 15) is 14.4 Å². The highest BCUT2D eigenvalue weighted by atomic mass is 79.9. The Labute approximate surface area is 119 Å². The van der Waals surface area contributed by atoms with Crippen LogP contribution in [0.2, 0.25) is 0 Å². The van der Waals surface area contributed by atoms with Crippen molar-refractivity contribution in [2.75, 3.05) is 6.54 Å². The lowest BCUT2D eigenvalue weighted by atomic mass is 10.3. The van der Waals surface area contributed by atoms with E-state index >= 15 is 0 Å². The second-order valence-electron chi connectivity index (χ2n) is 3.30. The molecule has 1 aromatic rings. The molecule has 18 heavy (non-hydrogen) atoms. The van der Waals surface area contributed by atoms with Gasteiger partial charge in [0.2, 0.25) is 0 Å². The Bertz CT molecular complexity index is 566. The average molecular weight is 348 g/mol. The lowest BCUT2D eigenvalue weighted by Crippen LogP contribution is -2.33. The molecule has 5 nitrogen and oxygen atoms in total. The van der Waals surface area contributed by atoms with Crippen LogP contribution < -0.4 is 0 Å². The number of amides is 2. The third-order valence-electron chi connectivity index (χ3n) is 2.03. The highest BCUT2D eigenvalue weighted by molar-refractivity contribution is 9.11. The van der Waals surface area contributed by atoms with E-state index in [1.807, 2.05) is 6.07 Å². The summed E-state index contributed by atoms with van der Waals surface area (Å²) in [5.74, 6) is -1.77. The molecule has 0 unspecified atom stereocenters. The molecule has 1 fully saturated rings. The van der Waals surface area contributed by atoms with Crippen molar-refractivity contribution in [1.29, 1.82) is 0 Å². The van der Waals surface area contributed by atoms with Crippen LogP contribution in [0, 0.1) is 0 Å². The van der Waals surface area contributed by atoms with E-state index in [1.54, 1.807) is 12.1 Å². The Hall–Kier alpha value is -1.12. The zero-order chi connectivity index (χ0) is 13.3. The summed E-state index contributed by atoms with van der Waals surface area (Å²) >= 11 is 5.47. The maximum absolute atomic E-state index is 11.8. The lowest BCUT2D eigenvalue weighted by Gasteiger charge is -2.07. The number of aliphatic carboxylic acids is 1. The van der Waals surface area contributed by atoms with Crippen molar-refractivity contribution >= 4 is 62.2 Å². The lowest BCUT2D eigenvalue weighted by molar-refractivity contribution is -0.140. The van der Waals surface area contributed by atoms with Gasteiger partial charge in [0.25, 0.3) is 11.1 Å². The molecule has 0 atom stereocenters. The second-order valence-corrected chi connectivity index (χ2v) is 6.79. The molecule has 2 amide bonds. The predicted octanol–water partition coefficient (Wildman–Crippen LogP) is 2.63. The highest BCUT2D eigenvalue weighted by Crippen LogP contribution is 2.33. The van der Waals surface area contributed by atoms with Gasteiger partial charge in [-0.3, -0.25) is 19.3 Å². The molecule has 0 aromatic carbocycles. The maximum atomic E-state index is 11.8. The molecule has 2 heterocycles. The number of carboxylic acid groups (broad SMARTS) is 1. The minimum absolute atomic E-state index is 0.246. The van der Waals surface area contributed by atoms with Gasteiger partial charge in [-0.15, -0.1) is 11.3 Å². The first-order valence-corrected chi connectivity index (χ1v) is 7.12. The van der Waals surface area contributed by atoms with E-state index in [-0.39, 0.29) is 4.91 Å². The summed E-state index contributed by atoms with van der Waals surface area (Å²) in [5, 5.41) is 8.06. The largest absolute Gasteiger partial charge is 0.480 e. The minimum Gasteiger partial charge on any atom is -0.480 e. The van der Waals surface area contributed by atoms with Crippen LogP contribution >= 0.6 is 39.0 Å². The van der Waals surface area contributed by atoms with Crippen molar-refractivity contribution in [3.63, 3.8) is 0 Å². The smallest absolute Gasteiger partial charge is 0.323 e. The van der Waals surface area contributed by atoms with Gasteiger partial charge in [0.15, 0.2) is 0 Å². The van der Waals surface area contributed by atoms with Crippen molar-refractivity contribution in [3.05, 3.63) is 25.7 Å². The van der Waals surface area contributed by atoms with Gasteiger partial charge in [-0.2, -0.15) is 0 Å². The molecular formula is C10H6BrNO4S2. The molecule has 0 aliphatic carbocycles. The molecule has 0 saturated carbocycles. The van der Waals surface area contributed by atoms with Crippen molar-refractivity contribution in [1.82, 2.24) is 4.90 Å². The number of rotatable bonds is 3. The first-order valence-electron chi connectivity index (χ1n) is 4.70. The van der Waals surface area contributed by atoms with Gasteiger partial charge in [0, 0.05) is 4.88 Å². The molecule has 1 aromatic heterocycles. The number of carbonyl (C=O) groups is 3. The molecule has 1 aliphatic heterocycles. The third kappa shape index (κ3) is 2.82. The summed E-state index contributed by atoms with van der Waals surface area (Å²) in [7, 11) is 0. The minimum atomic E-state index is -1.21. The normalized spacial score (nSPS) is 17.8. The molecule has 1 aliphatic rings. The monoisotopic (exact) mass is 347 g/mol. The van der Waals surface area contributed by atoms with Gasteiger partial charge in [0.1, 0.15) is 6.54 Å². The van der Waals surface area contributed by atoms with E-state index < -0.39 is 23.7 Å². The predicted molar refractivity (Wildman–Crippen MR) is 72.3 cm³/mol. The topological polar surface area (TPSA) is 74.7 Å². The SMILES string of the molecule is O=C(O)CN1C(=O)SC(=Cc2ccc(Br)s2)C1=O. The fraction of sp³-hybridized carbons (Fsp3) is 0.100. The van der Waals surface area contributed by atoms with Crippen LogP contribution in [0.15, 0.2) is 20.8 Å². The highest BCUT2D eigenvalue weighted by Gasteiger charge is 2.36. The number of carbonyl (C=O) groups excluding carboxylic acids is 2. The summed E-state index contributed by atoms with van der Waals surface area (Å²) < 4.78 is 0.915. The standard InChI is InChI=1S/C10H6BrNO4S2/c11-7-2-1-5(17-7)3-6-9(15)12(4-8(13)14)10(16)18-6/h1-3H,4H2,(H,13,14). The zero-order valence-electron chi connectivity index (χ0n) is 8.75. The van der Waals surface area contributed by atoms with Crippen molar-refractivity contribution in [2.24, 2.45) is 0 Å². The van der Waals surface area contributed by atoms with Crippen LogP contribution in [0.1, 0.15) is 4.88 Å². The average Bonchev–Trinajstić information content (AvgIpc) is 2.78. The molecule has 1 N–H and O–H groups in total. The fourth-order valence-corrected chi connectivity index (χ4v) is 3.58. The van der Waals surface area contributed by atoms with Gasteiger partial charge >= 0.3 is 5.97 Å². The Morgan fingerprint density at radius 1 is 1.44 bits per heavy atom. The molecule has 0 spiro atoms. The summed E-state index contributed by atoms with van der Waals surface area (Å²) in [4.78, 5) is 35.6. The number of halogens is 1. The Balaban J connectivity index is 2.22. The zero-order valence-corrected chi connectivity index (χ0v) is 12.0. The van der Waals surface area contributed by atoms with Gasteiger partial charge in [-0.1, -0.05) is 0 Å². The van der Waals surface area contributed by atoms with Crippen LogP contribution in [-0.4, -0.2) is 33.7 Å². The van der Waals surface area contributed by atoms with Crippen LogP contribution in [0.4, 0.5) is 4.79 Å². The first kappa shape index (κ1) is 13.3. The third-order valence-corrected chi connectivity index (χ3v) is 4.51. The summed E-state index contributed by atoms with van der Waals surface area (Å²) in [6.45, 7) is -0.601. The van der Waals surface area contributed by atoms with E-state index in [1.165, 1.54) is 11.3 Å². The van der Waals surface area contributed by atoms with Crippen molar-refractivity contribution in [3.8, 4) is 0 Å². The number of imide groups is 1. The quantitative estimate of drug-likeness (QED) is 0.850. The Kier molecular flexibility index (Phi) is 3.88. The Morgan fingerprint density at radius 3 is 2.72 bits per heavy atom. The van der Waals surface area contributed by atoms with Gasteiger partial charge in [-0.25, -0.2) is 0 Å². The number of hydrogen-bond acceptors (Lipinski definition) is 5. The number of thiophene rings is 1. The van der Waals surface area contributed by atoms with E-state index in [0.717, 1.165) is 25.3 Å². The number of nitrogens with zero attached hydrogens (tertiary/aromatic N) is 1. The van der Waals surface area contributed by atoms with Crippen molar-refractivity contribution < 1.29 is 19.5 Å². The van der Waals surface area contributed by atoms with Crippen LogP contribution in [0.25, 0.3) is 6.08 Å². The van der Waals surface area contributed by atoms with Crippen molar-refractivity contribution in [2.45, 2.75) is 0 Å². The molecule has 1 saturated heterocycles. The van der Waals surface area contributed by atoms with Gasteiger partial charge < -0.3 is 5.11 Å². The van der Waals surface area contributed by atoms with Crippen LogP contribution in [0.3, 0.4) is 0 Å². The number of carboxylic acids is 1. The maximum Gasteiger partial charge on any atom is 0.323 e. The molecular weight excluding hydrogens is 342 g/mol. The fourth-order valence-electron chi connectivity index (χ4n) is 1.31. The van der Waals surface area contributed by atoms with E-state index in [2.05, 4.69) is 15.9 Å². The summed E-state index contributed by atoms with van der Waals surface area (Å²) in [6.07, 6.45) is 1.59. The summed E-state index contributed by atoms with van der Waals surface area (Å²) in [5.41, 5.74) is 0. The summed E-state index contributed by atoms with van der Waals surface area (Å²) in [6, 6.07) is 3.64. The first-order chi connectivity index (χ1) is 8.47. The van der Waals surface area contributed by atoms with Crippen LogP contribution in [0.5, 0.6) is 0 Å². The van der Waals surface area contributed by atoms with Gasteiger partial charge in [-0.05, 0) is 45.9 Å². The second kappa shape index (κ2) is 5.25. The molecule has 2 rings (SSSR count). The van der Waals surface area contributed by atoms with Gasteiger partial charge in [0.05, 0.1) is 8.69 Å². The van der Waals surface area contributed by atoms with E-state index in [0.29, 0.717) is 0 Å². The number of hydrogen-bond donors (Lipinski definition) is 1.